The van der Waals surface area contributed by atoms with Crippen LogP contribution in [0.1, 0.15) is 70.4 Å². The van der Waals surface area contributed by atoms with E-state index in [1.54, 1.807) is 0 Å². The zero-order chi connectivity index (χ0) is 21.6. The summed E-state index contributed by atoms with van der Waals surface area (Å²) in [6.45, 7) is 6.45. The molecule has 0 spiro atoms. The Bertz CT molecular complexity index is 876. The first-order valence-corrected chi connectivity index (χ1v) is 10.8. The van der Waals surface area contributed by atoms with Crippen LogP contribution in [-0.2, 0) is 30.3 Å². The summed E-state index contributed by atoms with van der Waals surface area (Å²) >= 11 is 0. The summed E-state index contributed by atoms with van der Waals surface area (Å²) < 4.78 is 16.6. The van der Waals surface area contributed by atoms with E-state index in [-0.39, 0.29) is 29.4 Å². The lowest BCUT2D eigenvalue weighted by molar-refractivity contribution is -0.171. The van der Waals surface area contributed by atoms with E-state index >= 15 is 0 Å². The van der Waals surface area contributed by atoms with E-state index in [1.807, 2.05) is 12.1 Å². The van der Waals surface area contributed by atoms with Crippen LogP contribution >= 0.6 is 0 Å². The first kappa shape index (κ1) is 20.9. The third-order valence-corrected chi connectivity index (χ3v) is 7.48. The van der Waals surface area contributed by atoms with Crippen molar-refractivity contribution in [1.29, 1.82) is 0 Å². The van der Waals surface area contributed by atoms with Crippen LogP contribution < -0.4 is 4.74 Å². The van der Waals surface area contributed by atoms with Gasteiger partial charge in [-0.05, 0) is 73.1 Å². The lowest BCUT2D eigenvalue weighted by Gasteiger charge is -2.50. The summed E-state index contributed by atoms with van der Waals surface area (Å²) in [4.78, 5) is 34.8. The molecule has 1 aromatic carbocycles. The molecule has 4 rings (SSSR count). The fourth-order valence-corrected chi connectivity index (χ4v) is 6.44. The zero-order valence-electron chi connectivity index (χ0n) is 18.1. The van der Waals surface area contributed by atoms with Crippen LogP contribution in [0.5, 0.6) is 5.75 Å². The molecule has 0 bridgehead atoms. The van der Waals surface area contributed by atoms with Crippen LogP contribution in [0.15, 0.2) is 18.2 Å². The predicted octanol–water partition coefficient (Wildman–Crippen LogP) is 3.94. The monoisotopic (exact) mass is 414 g/mol. The highest BCUT2D eigenvalue weighted by molar-refractivity contribution is 5.69. The van der Waals surface area contributed by atoms with Gasteiger partial charge in [0, 0.05) is 26.2 Å². The Morgan fingerprint density at radius 1 is 1.00 bits per heavy atom. The minimum absolute atomic E-state index is 0.192. The molecule has 0 heterocycles. The van der Waals surface area contributed by atoms with E-state index < -0.39 is 6.10 Å². The van der Waals surface area contributed by atoms with Crippen LogP contribution in [0.25, 0.3) is 0 Å². The van der Waals surface area contributed by atoms with Gasteiger partial charge in [0.1, 0.15) is 18.0 Å². The number of carbonyl (C=O) groups excluding carboxylic acids is 3. The number of hydrogen-bond donors (Lipinski definition) is 0. The highest BCUT2D eigenvalue weighted by Crippen LogP contribution is 2.62. The number of aryl methyl sites for hydroxylation is 1. The maximum atomic E-state index is 11.8. The molecule has 1 aromatic rings. The van der Waals surface area contributed by atoms with E-state index in [1.165, 1.54) is 31.9 Å². The highest BCUT2D eigenvalue weighted by atomic mass is 16.6. The van der Waals surface area contributed by atoms with Gasteiger partial charge in [0.15, 0.2) is 0 Å². The SMILES string of the molecule is CC(=O)Oc1ccc2c(c1)CC[C@H]1[C@@H]2CC[C@@]2(C)[C@@H]1C[C@@H](OC(C)=O)[C@@H]2OC(C)=O. The Balaban J connectivity index is 1.62. The molecule has 6 heteroatoms. The van der Waals surface area contributed by atoms with Gasteiger partial charge in [0.2, 0.25) is 0 Å². The van der Waals surface area contributed by atoms with Crippen LogP contribution in [0.3, 0.4) is 0 Å². The Kier molecular flexibility index (Phi) is 5.37. The van der Waals surface area contributed by atoms with Gasteiger partial charge in [-0.1, -0.05) is 13.0 Å². The summed E-state index contributed by atoms with van der Waals surface area (Å²) in [5.41, 5.74) is 2.40. The van der Waals surface area contributed by atoms with Gasteiger partial charge in [-0.3, -0.25) is 14.4 Å². The first-order chi connectivity index (χ1) is 14.2. The van der Waals surface area contributed by atoms with Crippen molar-refractivity contribution in [3.8, 4) is 5.75 Å². The van der Waals surface area contributed by atoms with Crippen LogP contribution in [-0.4, -0.2) is 30.1 Å². The number of carbonyl (C=O) groups is 3. The molecule has 162 valence electrons. The van der Waals surface area contributed by atoms with E-state index in [0.717, 1.165) is 32.1 Å². The molecule has 0 aliphatic heterocycles. The molecule has 6 nitrogen and oxygen atoms in total. The van der Waals surface area contributed by atoms with E-state index in [0.29, 0.717) is 23.5 Å². The Morgan fingerprint density at radius 3 is 2.40 bits per heavy atom. The van der Waals surface area contributed by atoms with Crippen molar-refractivity contribution in [2.45, 2.75) is 77.9 Å². The van der Waals surface area contributed by atoms with Crippen molar-refractivity contribution >= 4 is 17.9 Å². The van der Waals surface area contributed by atoms with Crippen LogP contribution in [0.2, 0.25) is 0 Å². The molecule has 0 saturated heterocycles. The fourth-order valence-electron chi connectivity index (χ4n) is 6.44. The molecule has 3 aliphatic rings. The summed E-state index contributed by atoms with van der Waals surface area (Å²) in [7, 11) is 0. The molecule has 0 aromatic heterocycles. The Labute approximate surface area is 177 Å². The number of rotatable bonds is 3. The Morgan fingerprint density at radius 2 is 1.73 bits per heavy atom. The number of esters is 3. The van der Waals surface area contributed by atoms with Gasteiger partial charge in [0.05, 0.1) is 0 Å². The maximum absolute atomic E-state index is 11.8. The number of ether oxygens (including phenoxy) is 3. The summed E-state index contributed by atoms with van der Waals surface area (Å²) in [5.74, 6) is 0.839. The van der Waals surface area contributed by atoms with Gasteiger partial charge in [-0.15, -0.1) is 0 Å². The van der Waals surface area contributed by atoms with Crippen molar-refractivity contribution in [3.05, 3.63) is 29.3 Å². The van der Waals surface area contributed by atoms with Gasteiger partial charge in [-0.2, -0.15) is 0 Å². The van der Waals surface area contributed by atoms with Gasteiger partial charge >= 0.3 is 17.9 Å². The summed E-state index contributed by atoms with van der Waals surface area (Å²) in [6, 6.07) is 5.99. The van der Waals surface area contributed by atoms with Crippen molar-refractivity contribution in [3.63, 3.8) is 0 Å². The highest BCUT2D eigenvalue weighted by Gasteiger charge is 2.61. The number of hydrogen-bond acceptors (Lipinski definition) is 6. The lowest BCUT2D eigenvalue weighted by Crippen LogP contribution is -2.46. The lowest BCUT2D eigenvalue weighted by atomic mass is 9.55. The standard InChI is InChI=1S/C24H30O6/c1-13(25)28-17-6-8-18-16(11-17)5-7-20-19(18)9-10-24(4)21(20)12-22(29-14(2)26)23(24)30-15(3)27/h6,8,11,19-23H,5,7,9-10,12H2,1-4H3/t19-,20+,21-,22-,23+,24+/m1/s1. The maximum Gasteiger partial charge on any atom is 0.308 e. The minimum atomic E-state index is -0.391. The van der Waals surface area contributed by atoms with Gasteiger partial charge in [0.25, 0.3) is 0 Å². The molecular formula is C24H30O6. The third kappa shape index (κ3) is 3.61. The largest absolute Gasteiger partial charge is 0.459 e. The molecular weight excluding hydrogens is 384 g/mol. The van der Waals surface area contributed by atoms with Crippen molar-refractivity contribution < 1.29 is 28.6 Å². The molecule has 6 atom stereocenters. The molecule has 3 aliphatic carbocycles. The number of fused-ring (bicyclic) bond motifs is 5. The zero-order valence-corrected chi connectivity index (χ0v) is 18.1. The van der Waals surface area contributed by atoms with Crippen molar-refractivity contribution in [2.24, 2.45) is 17.3 Å². The average molecular weight is 414 g/mol. The second-order valence-corrected chi connectivity index (χ2v) is 9.33. The minimum Gasteiger partial charge on any atom is -0.459 e. The van der Waals surface area contributed by atoms with E-state index in [9.17, 15) is 14.4 Å². The third-order valence-electron chi connectivity index (χ3n) is 7.48. The van der Waals surface area contributed by atoms with Crippen molar-refractivity contribution in [1.82, 2.24) is 0 Å². The number of benzene rings is 1. The second-order valence-electron chi connectivity index (χ2n) is 9.33. The smallest absolute Gasteiger partial charge is 0.308 e. The van der Waals surface area contributed by atoms with Crippen LogP contribution in [0.4, 0.5) is 0 Å². The fraction of sp³-hybridized carbons (Fsp3) is 0.625. The van der Waals surface area contributed by atoms with Crippen molar-refractivity contribution in [2.75, 3.05) is 0 Å². The normalized spacial score (nSPS) is 34.2. The molecule has 30 heavy (non-hydrogen) atoms. The predicted molar refractivity (Wildman–Crippen MR) is 109 cm³/mol. The summed E-state index contributed by atoms with van der Waals surface area (Å²) in [6.07, 6.45) is 3.83. The summed E-state index contributed by atoms with van der Waals surface area (Å²) in [5, 5.41) is 0. The quantitative estimate of drug-likeness (QED) is 0.551. The molecule has 0 radical (unpaired) electrons. The second kappa shape index (κ2) is 7.71. The molecule has 2 fully saturated rings. The van der Waals surface area contributed by atoms with Gasteiger partial charge in [-0.25, -0.2) is 0 Å². The topological polar surface area (TPSA) is 78.9 Å². The molecule has 0 amide bonds. The molecule has 0 N–H and O–H groups in total. The van der Waals surface area contributed by atoms with E-state index in [4.69, 9.17) is 14.2 Å². The molecule has 2 saturated carbocycles. The Hall–Kier alpha value is -2.37. The average Bonchev–Trinajstić information content (AvgIpc) is 2.92. The van der Waals surface area contributed by atoms with E-state index in [2.05, 4.69) is 13.0 Å². The first-order valence-electron chi connectivity index (χ1n) is 10.8. The van der Waals surface area contributed by atoms with Gasteiger partial charge < -0.3 is 14.2 Å². The molecule has 0 unspecified atom stereocenters. The van der Waals surface area contributed by atoms with Crippen LogP contribution in [0, 0.1) is 17.3 Å².